The third-order valence-electron chi connectivity index (χ3n) is 24.3. The number of carbonyl (C=O) groups excluding carboxylic acids is 3. The second-order valence-electron chi connectivity index (χ2n) is 34.2. The number of hydrogen-bond donors (Lipinski definition) is 23. The highest BCUT2D eigenvalue weighted by Gasteiger charge is 2.61. The maximum Gasteiger partial charge on any atom is 0.220 e. The highest BCUT2D eigenvalue weighted by molar-refractivity contribution is 5.76. The number of aliphatic hydroxyl groups excluding tert-OH is 20. The predicted octanol–water partition coefficient (Wildman–Crippen LogP) is -2.79. The standard InChI is InChI=1S/C84H151N3O37/c1-6-8-10-12-14-16-18-20-21-22-23-25-27-29-31-33-35-37-56(97)87-48(49(96)36-34-32-30-28-26-24-19-17-15-13-11-9-7-2)44-111-80-69(108)66(105)72(53(41-91)117-80)119-84-71(110)77(74(55(43-93)118-84)120-78-57(85-46(4)94)63(102)60(99)50(38-88)113-78)124-83-70(109)76(62(101)52(40-90)115-83)123-79-58(86-47(5)95)75(122-81-67(106)64(103)59(98)45(3)112-81)73(54(42-92)116-79)121-82-68(107)65(104)61(100)51(39-89)114-82/h34,36,45,48-55,57-84,88-93,96,98-110H,6-33,35,37-44H2,1-5H3,(H,85,94)(H,86,95)(H,87,97)/b36-34+/t45?,48-,49+,50?,51?,52?,53?,54?,55?,57?,58?,59+,60-,61-,62-,63+,64?,65-,66+,67-,68?,69?,70?,71?,72+,73+,74-,75+,76-,77+,78-,79-,80+,81+,82-,83+,84-/m0/s1. The Balaban J connectivity index is 1.11. The molecule has 0 aromatic rings. The molecule has 0 aromatic heterocycles. The second kappa shape index (κ2) is 56.6. The molecule has 0 bridgehead atoms. The summed E-state index contributed by atoms with van der Waals surface area (Å²) in [6.45, 7) is 0.738. The fourth-order valence-electron chi connectivity index (χ4n) is 16.9. The van der Waals surface area contributed by atoms with Crippen LogP contribution >= 0.6 is 0 Å². The van der Waals surface area contributed by atoms with Crippen molar-refractivity contribution in [3.05, 3.63) is 12.2 Å². The Morgan fingerprint density at radius 2 is 0.669 bits per heavy atom. The third kappa shape index (κ3) is 31.8. The van der Waals surface area contributed by atoms with E-state index in [1.165, 1.54) is 122 Å². The quantitative estimate of drug-likeness (QED) is 0.0216. The van der Waals surface area contributed by atoms with Crippen LogP contribution in [0.3, 0.4) is 0 Å². The van der Waals surface area contributed by atoms with Crippen molar-refractivity contribution in [2.24, 2.45) is 0 Å². The number of aliphatic hydroxyl groups is 20. The first kappa shape index (κ1) is 108. The molecule has 0 aliphatic carbocycles. The van der Waals surface area contributed by atoms with Gasteiger partial charge in [0.2, 0.25) is 17.7 Å². The van der Waals surface area contributed by atoms with Crippen LogP contribution in [-0.2, 0) is 80.7 Å². The lowest BCUT2D eigenvalue weighted by Gasteiger charge is -2.52. The molecule has 7 saturated heterocycles. The molecule has 0 saturated carbocycles. The van der Waals surface area contributed by atoms with Crippen molar-refractivity contribution in [3.8, 4) is 0 Å². The van der Waals surface area contributed by atoms with Gasteiger partial charge in [0.05, 0.1) is 64.5 Å². The van der Waals surface area contributed by atoms with E-state index in [4.69, 9.17) is 66.3 Å². The average molecular weight is 1800 g/mol. The summed E-state index contributed by atoms with van der Waals surface area (Å²) >= 11 is 0. The van der Waals surface area contributed by atoms with Crippen molar-refractivity contribution in [2.75, 3.05) is 46.2 Å². The van der Waals surface area contributed by atoms with Crippen LogP contribution in [0.2, 0.25) is 0 Å². The molecule has 7 aliphatic heterocycles. The lowest BCUT2D eigenvalue weighted by atomic mass is 9.93. The van der Waals surface area contributed by atoms with Crippen molar-refractivity contribution < 1.29 is 183 Å². The molecule has 40 heteroatoms. The number of allylic oxidation sites excluding steroid dienone is 1. The van der Waals surface area contributed by atoms with Crippen molar-refractivity contribution >= 4 is 17.7 Å². The van der Waals surface area contributed by atoms with E-state index in [2.05, 4.69) is 29.8 Å². The number of amides is 3. The lowest BCUT2D eigenvalue weighted by molar-refractivity contribution is -0.404. The van der Waals surface area contributed by atoms with Crippen molar-refractivity contribution in [1.82, 2.24) is 16.0 Å². The monoisotopic (exact) mass is 1790 g/mol. The molecule has 40 nitrogen and oxygen atoms in total. The van der Waals surface area contributed by atoms with E-state index in [9.17, 15) is 117 Å². The van der Waals surface area contributed by atoms with Crippen LogP contribution < -0.4 is 16.0 Å². The predicted molar refractivity (Wildman–Crippen MR) is 434 cm³/mol. The van der Waals surface area contributed by atoms with E-state index in [0.29, 0.717) is 12.8 Å². The van der Waals surface area contributed by atoms with E-state index in [-0.39, 0.29) is 12.3 Å². The zero-order chi connectivity index (χ0) is 90.7. The molecule has 3 amide bonds. The molecule has 37 atom stereocenters. The van der Waals surface area contributed by atoms with E-state index in [1.54, 1.807) is 6.08 Å². The van der Waals surface area contributed by atoms with Crippen molar-refractivity contribution in [1.29, 1.82) is 0 Å². The molecular formula is C84H151N3O37. The molecule has 7 rings (SSSR count). The summed E-state index contributed by atoms with van der Waals surface area (Å²) in [5.41, 5.74) is 0. The lowest BCUT2D eigenvalue weighted by Crippen LogP contribution is -2.71. The molecule has 7 heterocycles. The average Bonchev–Trinajstić information content (AvgIpc) is 0.759. The normalized spacial score (nSPS) is 38.5. The smallest absolute Gasteiger partial charge is 0.220 e. The zero-order valence-electron chi connectivity index (χ0n) is 72.6. The number of unbranched alkanes of at least 4 members (excludes halogenated alkanes) is 27. The number of carbonyl (C=O) groups is 3. The van der Waals surface area contributed by atoms with Gasteiger partial charge in [0.15, 0.2) is 44.0 Å². The second-order valence-corrected chi connectivity index (χ2v) is 34.2. The molecule has 124 heavy (non-hydrogen) atoms. The fourth-order valence-corrected chi connectivity index (χ4v) is 16.9. The van der Waals surface area contributed by atoms with Crippen LogP contribution in [0, 0.1) is 0 Å². The van der Waals surface area contributed by atoms with Gasteiger partial charge in [0.25, 0.3) is 0 Å². The zero-order valence-corrected chi connectivity index (χ0v) is 72.6. The van der Waals surface area contributed by atoms with Crippen LogP contribution in [0.25, 0.3) is 0 Å². The maximum atomic E-state index is 13.7. The van der Waals surface area contributed by atoms with Crippen LogP contribution in [0.4, 0.5) is 0 Å². The Labute approximate surface area is 726 Å². The summed E-state index contributed by atoms with van der Waals surface area (Å²) in [7, 11) is 0. The van der Waals surface area contributed by atoms with E-state index < -0.39 is 285 Å². The van der Waals surface area contributed by atoms with E-state index >= 15 is 0 Å². The van der Waals surface area contributed by atoms with Crippen LogP contribution in [0.5, 0.6) is 0 Å². The Hall–Kier alpha value is -3.21. The van der Waals surface area contributed by atoms with Gasteiger partial charge in [-0.05, 0) is 26.2 Å². The summed E-state index contributed by atoms with van der Waals surface area (Å²) in [5.74, 6) is -2.15. The van der Waals surface area contributed by atoms with Gasteiger partial charge in [0.1, 0.15) is 165 Å². The van der Waals surface area contributed by atoms with Crippen LogP contribution in [0.1, 0.15) is 227 Å². The van der Waals surface area contributed by atoms with E-state index in [1.807, 2.05) is 6.08 Å². The summed E-state index contributed by atoms with van der Waals surface area (Å²) in [6, 6.07) is -4.83. The maximum absolute atomic E-state index is 13.7. The summed E-state index contributed by atoms with van der Waals surface area (Å²) in [5, 5.41) is 234. The Bertz CT molecular complexity index is 2950. The minimum atomic E-state index is -2.47. The third-order valence-corrected chi connectivity index (χ3v) is 24.3. The molecule has 7 aliphatic rings. The summed E-state index contributed by atoms with van der Waals surface area (Å²) < 4.78 is 85.3. The first-order chi connectivity index (χ1) is 59.5. The molecule has 0 radical (unpaired) electrons. The van der Waals surface area contributed by atoms with Crippen molar-refractivity contribution in [3.63, 3.8) is 0 Å². The van der Waals surface area contributed by atoms with E-state index in [0.717, 1.165) is 71.6 Å². The van der Waals surface area contributed by atoms with Crippen LogP contribution in [-0.4, -0.2) is 393 Å². The molecule has 0 aromatic carbocycles. The Kier molecular flexibility index (Phi) is 49.2. The Morgan fingerprint density at radius 3 is 1.17 bits per heavy atom. The van der Waals surface area contributed by atoms with Crippen molar-refractivity contribution in [2.45, 2.75) is 454 Å². The Morgan fingerprint density at radius 1 is 0.331 bits per heavy atom. The first-order valence-corrected chi connectivity index (χ1v) is 45.3. The van der Waals surface area contributed by atoms with Gasteiger partial charge in [-0.2, -0.15) is 0 Å². The first-order valence-electron chi connectivity index (χ1n) is 45.3. The molecule has 7 fully saturated rings. The van der Waals surface area contributed by atoms with Gasteiger partial charge in [-0.1, -0.05) is 193 Å². The largest absolute Gasteiger partial charge is 0.394 e. The van der Waals surface area contributed by atoms with Gasteiger partial charge in [-0.25, -0.2) is 0 Å². The molecule has 14 unspecified atom stereocenters. The molecular weight excluding hydrogens is 1640 g/mol. The van der Waals surface area contributed by atoms with Gasteiger partial charge < -0.3 is 184 Å². The minimum Gasteiger partial charge on any atom is -0.394 e. The topological polar surface area (TPSA) is 621 Å². The number of ether oxygens (including phenoxy) is 14. The number of hydrogen-bond acceptors (Lipinski definition) is 37. The SMILES string of the molecule is CCCCCCCCCCCCC/C=C/[C@@H](O)[C@H](CO[C@@H]1OC(CO)[C@@H](O[C@@H]2OC(CO)[C@H](O[C@@H]3OC(CO)[C@H](O)[C@H](O)C3NC(C)=O)[C@H](O[C@H]3OC(CO)[C@H](O)[C@H](O[C@@H]4OC(CO)[C@@H](O[C@@H]5OC(CO)[C@H](O)[C@H](O)C5O)[C@H](O[C@H]5OC(C)[C@@H](O)C(O)[C@@H]5O)C4NC(C)=O)C3O)C2O)[C@H](O)C1O)NC(=O)CCCCCCCCCCCCCCCCCCC. The molecule has 724 valence electrons. The molecule has 0 spiro atoms. The number of nitrogens with one attached hydrogen (secondary N) is 3. The summed E-state index contributed by atoms with van der Waals surface area (Å²) in [4.78, 5) is 39.9. The van der Waals surface area contributed by atoms with Crippen LogP contribution in [0.15, 0.2) is 12.2 Å². The summed E-state index contributed by atoms with van der Waals surface area (Å²) in [6.07, 6.45) is -31.2. The van der Waals surface area contributed by atoms with Gasteiger partial charge in [-0.15, -0.1) is 0 Å². The number of rotatable bonds is 56. The highest BCUT2D eigenvalue weighted by Crippen LogP contribution is 2.40. The van der Waals surface area contributed by atoms with Gasteiger partial charge in [-0.3, -0.25) is 14.4 Å². The van der Waals surface area contributed by atoms with Gasteiger partial charge in [0, 0.05) is 20.3 Å². The molecule has 23 N–H and O–H groups in total. The fraction of sp³-hybridized carbons (Fsp3) is 0.940. The minimum absolute atomic E-state index is 0.133. The highest BCUT2D eigenvalue weighted by atomic mass is 16.8. The van der Waals surface area contributed by atoms with Gasteiger partial charge >= 0.3 is 0 Å².